The van der Waals surface area contributed by atoms with E-state index in [2.05, 4.69) is 15.3 Å². The summed E-state index contributed by atoms with van der Waals surface area (Å²) in [7, 11) is 0. The molecule has 0 spiro atoms. The second-order valence-electron chi connectivity index (χ2n) is 5.68. The number of carbonyl (C=O) groups is 1. The minimum Gasteiger partial charge on any atom is -0.396 e. The number of rotatable bonds is 7. The Labute approximate surface area is 124 Å². The van der Waals surface area contributed by atoms with E-state index in [4.69, 9.17) is 5.11 Å². The van der Waals surface area contributed by atoms with Crippen molar-refractivity contribution in [2.75, 3.05) is 13.2 Å². The van der Waals surface area contributed by atoms with Crippen LogP contribution in [0.1, 0.15) is 60.4 Å². The van der Waals surface area contributed by atoms with Crippen molar-refractivity contribution in [3.63, 3.8) is 0 Å². The molecule has 1 aliphatic carbocycles. The Morgan fingerprint density at radius 3 is 2.76 bits per heavy atom. The zero-order valence-corrected chi connectivity index (χ0v) is 12.6. The standard InChI is InChI=1S/C15H23N3O3/c1-3-10(6-7-19)8-16-14(20)12-9(2)17-13(11-4-5-11)18-15(12)21/h10-11,19H,3-8H2,1-2H3,(H,16,20)(H,17,18,21). The number of nitrogens with one attached hydrogen (secondary N) is 2. The first-order valence-electron chi connectivity index (χ1n) is 7.56. The fourth-order valence-electron chi connectivity index (χ4n) is 2.38. The fourth-order valence-corrected chi connectivity index (χ4v) is 2.38. The predicted molar refractivity (Wildman–Crippen MR) is 79.4 cm³/mol. The molecule has 2 rings (SSSR count). The second kappa shape index (κ2) is 6.85. The van der Waals surface area contributed by atoms with Crippen molar-refractivity contribution < 1.29 is 9.90 Å². The molecule has 6 heteroatoms. The molecule has 21 heavy (non-hydrogen) atoms. The van der Waals surface area contributed by atoms with Gasteiger partial charge in [0.1, 0.15) is 11.4 Å². The third kappa shape index (κ3) is 3.91. The SMILES string of the molecule is CCC(CCO)CNC(=O)c1c(C)nc(C2CC2)[nH]c1=O. The molecule has 0 aromatic carbocycles. The quantitative estimate of drug-likeness (QED) is 0.701. The van der Waals surface area contributed by atoms with Gasteiger partial charge in [-0.15, -0.1) is 0 Å². The summed E-state index contributed by atoms with van der Waals surface area (Å²) in [6, 6.07) is 0. The van der Waals surface area contributed by atoms with E-state index in [-0.39, 0.29) is 29.6 Å². The van der Waals surface area contributed by atoms with Gasteiger partial charge in [0, 0.05) is 19.1 Å². The molecule has 0 radical (unpaired) electrons. The average molecular weight is 293 g/mol. The number of carbonyl (C=O) groups excluding carboxylic acids is 1. The van der Waals surface area contributed by atoms with Crippen LogP contribution in [0.25, 0.3) is 0 Å². The number of nitrogens with zero attached hydrogens (tertiary/aromatic N) is 1. The summed E-state index contributed by atoms with van der Waals surface area (Å²) in [6.45, 7) is 4.27. The van der Waals surface area contributed by atoms with Crippen molar-refractivity contribution >= 4 is 5.91 Å². The number of hydrogen-bond donors (Lipinski definition) is 3. The molecule has 1 aromatic heterocycles. The number of H-pyrrole nitrogens is 1. The van der Waals surface area contributed by atoms with Crippen LogP contribution in [0.15, 0.2) is 4.79 Å². The molecule has 1 fully saturated rings. The van der Waals surface area contributed by atoms with E-state index in [1.807, 2.05) is 6.92 Å². The first kappa shape index (κ1) is 15.7. The molecule has 1 aliphatic rings. The van der Waals surface area contributed by atoms with Crippen LogP contribution in [-0.4, -0.2) is 34.1 Å². The summed E-state index contributed by atoms with van der Waals surface area (Å²) in [5, 5.41) is 11.7. The molecule has 116 valence electrons. The Kier molecular flexibility index (Phi) is 5.12. The Morgan fingerprint density at radius 1 is 1.52 bits per heavy atom. The molecule has 6 nitrogen and oxygen atoms in total. The van der Waals surface area contributed by atoms with E-state index in [0.717, 1.165) is 19.3 Å². The summed E-state index contributed by atoms with van der Waals surface area (Å²) in [6.07, 6.45) is 3.61. The molecule has 1 amide bonds. The smallest absolute Gasteiger partial charge is 0.264 e. The van der Waals surface area contributed by atoms with Gasteiger partial charge in [0.05, 0.1) is 5.69 Å². The maximum atomic E-state index is 12.2. The molecule has 1 atom stereocenters. The lowest BCUT2D eigenvalue weighted by molar-refractivity contribution is 0.0941. The number of aromatic amines is 1. The fraction of sp³-hybridized carbons (Fsp3) is 0.667. The number of amides is 1. The predicted octanol–water partition coefficient (Wildman–Crippen LogP) is 1.09. The zero-order valence-electron chi connectivity index (χ0n) is 12.6. The lowest BCUT2D eigenvalue weighted by Crippen LogP contribution is -2.35. The number of hydrogen-bond acceptors (Lipinski definition) is 4. The van der Waals surface area contributed by atoms with Gasteiger partial charge >= 0.3 is 0 Å². The maximum Gasteiger partial charge on any atom is 0.264 e. The Balaban J connectivity index is 2.06. The first-order valence-corrected chi connectivity index (χ1v) is 7.56. The Morgan fingerprint density at radius 2 is 2.24 bits per heavy atom. The van der Waals surface area contributed by atoms with Crippen molar-refractivity contribution in [3.05, 3.63) is 27.4 Å². The summed E-state index contributed by atoms with van der Waals surface area (Å²) < 4.78 is 0. The van der Waals surface area contributed by atoms with Crippen molar-refractivity contribution in [3.8, 4) is 0 Å². The van der Waals surface area contributed by atoms with Crippen LogP contribution in [0.4, 0.5) is 0 Å². The molecule has 1 saturated carbocycles. The maximum absolute atomic E-state index is 12.2. The van der Waals surface area contributed by atoms with E-state index < -0.39 is 0 Å². The van der Waals surface area contributed by atoms with Gasteiger partial charge in [-0.3, -0.25) is 9.59 Å². The molecular weight excluding hydrogens is 270 g/mol. The van der Waals surface area contributed by atoms with Crippen molar-refractivity contribution in [2.45, 2.75) is 45.4 Å². The highest BCUT2D eigenvalue weighted by Crippen LogP contribution is 2.37. The molecule has 0 aliphatic heterocycles. The highest BCUT2D eigenvalue weighted by atomic mass is 16.3. The number of aliphatic hydroxyl groups is 1. The third-order valence-electron chi connectivity index (χ3n) is 3.98. The van der Waals surface area contributed by atoms with Gasteiger partial charge in [0.15, 0.2) is 0 Å². The van der Waals surface area contributed by atoms with E-state index in [0.29, 0.717) is 30.4 Å². The summed E-state index contributed by atoms with van der Waals surface area (Å²) in [5.41, 5.74) is 0.212. The Bertz CT molecular complexity index is 564. The van der Waals surface area contributed by atoms with Crippen molar-refractivity contribution in [2.24, 2.45) is 5.92 Å². The number of aromatic nitrogens is 2. The third-order valence-corrected chi connectivity index (χ3v) is 3.98. The minimum atomic E-state index is -0.389. The normalized spacial score (nSPS) is 15.8. The van der Waals surface area contributed by atoms with E-state index in [1.165, 1.54) is 0 Å². The molecule has 1 aromatic rings. The summed E-state index contributed by atoms with van der Waals surface area (Å²) in [5.74, 6) is 0.875. The zero-order chi connectivity index (χ0) is 15.4. The second-order valence-corrected chi connectivity index (χ2v) is 5.68. The van der Waals surface area contributed by atoms with Crippen LogP contribution in [0.2, 0.25) is 0 Å². The largest absolute Gasteiger partial charge is 0.396 e. The first-order chi connectivity index (χ1) is 10.1. The van der Waals surface area contributed by atoms with Crippen LogP contribution >= 0.6 is 0 Å². The van der Waals surface area contributed by atoms with E-state index in [1.54, 1.807) is 6.92 Å². The van der Waals surface area contributed by atoms with Gasteiger partial charge in [-0.25, -0.2) is 4.98 Å². The average Bonchev–Trinajstić information content (AvgIpc) is 3.27. The molecular formula is C15H23N3O3. The van der Waals surface area contributed by atoms with Crippen LogP contribution < -0.4 is 10.9 Å². The monoisotopic (exact) mass is 293 g/mol. The number of aliphatic hydroxyl groups excluding tert-OH is 1. The lowest BCUT2D eigenvalue weighted by atomic mass is 10.0. The summed E-state index contributed by atoms with van der Waals surface area (Å²) in [4.78, 5) is 31.3. The van der Waals surface area contributed by atoms with Crippen molar-refractivity contribution in [1.29, 1.82) is 0 Å². The molecule has 1 unspecified atom stereocenters. The molecule has 0 bridgehead atoms. The number of aryl methyl sites for hydroxylation is 1. The van der Waals surface area contributed by atoms with Crippen LogP contribution in [-0.2, 0) is 0 Å². The van der Waals surface area contributed by atoms with Crippen LogP contribution in [0.3, 0.4) is 0 Å². The summed E-state index contributed by atoms with van der Waals surface area (Å²) >= 11 is 0. The lowest BCUT2D eigenvalue weighted by Gasteiger charge is -2.14. The van der Waals surface area contributed by atoms with Gasteiger partial charge in [0.25, 0.3) is 11.5 Å². The van der Waals surface area contributed by atoms with Crippen LogP contribution in [0.5, 0.6) is 0 Å². The molecule has 1 heterocycles. The highest BCUT2D eigenvalue weighted by Gasteiger charge is 2.28. The van der Waals surface area contributed by atoms with E-state index >= 15 is 0 Å². The molecule has 3 N–H and O–H groups in total. The minimum absolute atomic E-state index is 0.0956. The van der Waals surface area contributed by atoms with Gasteiger partial charge < -0.3 is 15.4 Å². The highest BCUT2D eigenvalue weighted by molar-refractivity contribution is 5.94. The van der Waals surface area contributed by atoms with Gasteiger partial charge in [0.2, 0.25) is 0 Å². The van der Waals surface area contributed by atoms with Gasteiger partial charge in [-0.2, -0.15) is 0 Å². The molecule has 0 saturated heterocycles. The van der Waals surface area contributed by atoms with E-state index in [9.17, 15) is 9.59 Å². The Hall–Kier alpha value is -1.69. The van der Waals surface area contributed by atoms with Gasteiger partial charge in [-0.05, 0) is 32.1 Å². The van der Waals surface area contributed by atoms with Crippen molar-refractivity contribution in [1.82, 2.24) is 15.3 Å². The topological polar surface area (TPSA) is 95.1 Å². The van der Waals surface area contributed by atoms with Crippen LogP contribution in [0, 0.1) is 12.8 Å². The van der Waals surface area contributed by atoms with Gasteiger partial charge in [-0.1, -0.05) is 13.3 Å².